The molecule has 5 N–H and O–H groups in total. The number of aliphatic hydroxyl groups is 4. The molecular weight excluding hydrogens is 321 g/mol. The van der Waals surface area contributed by atoms with Crippen molar-refractivity contribution in [2.45, 2.75) is 11.6 Å². The summed E-state index contributed by atoms with van der Waals surface area (Å²) in [7, 11) is 0. The fraction of sp³-hybridized carbons (Fsp3) is 0.538. The summed E-state index contributed by atoms with van der Waals surface area (Å²) in [5.74, 6) is 0.276. The van der Waals surface area contributed by atoms with Crippen LogP contribution in [0.4, 0.5) is 0 Å². The monoisotopic (exact) mass is 339 g/mol. The van der Waals surface area contributed by atoms with Gasteiger partial charge in [0.1, 0.15) is 12.7 Å². The molecule has 21 heavy (non-hydrogen) atoms. The van der Waals surface area contributed by atoms with Gasteiger partial charge in [0.2, 0.25) is 0 Å². The number of nitrogens with one attached hydrogen (secondary N) is 1. The lowest BCUT2D eigenvalue weighted by Crippen LogP contribution is -2.57. The lowest BCUT2D eigenvalue weighted by atomic mass is 10.0. The molecule has 0 spiro atoms. The second-order valence-corrected chi connectivity index (χ2v) is 5.47. The van der Waals surface area contributed by atoms with Crippen LogP contribution in [0.25, 0.3) is 0 Å². The van der Waals surface area contributed by atoms with Crippen LogP contribution in [0.2, 0.25) is 10.0 Å². The van der Waals surface area contributed by atoms with Gasteiger partial charge in [0, 0.05) is 6.54 Å². The molecule has 120 valence electrons. The van der Waals surface area contributed by atoms with E-state index >= 15 is 0 Å². The molecule has 0 amide bonds. The maximum Gasteiger partial charge on any atom is 0.156 e. The fourth-order valence-corrected chi connectivity index (χ4v) is 2.02. The summed E-state index contributed by atoms with van der Waals surface area (Å²) < 4.78 is 5.35. The molecule has 0 aliphatic carbocycles. The van der Waals surface area contributed by atoms with E-state index in [9.17, 15) is 5.11 Å². The molecule has 1 rings (SSSR count). The van der Waals surface area contributed by atoms with Gasteiger partial charge in [0.25, 0.3) is 0 Å². The zero-order chi connectivity index (χ0) is 15.9. The van der Waals surface area contributed by atoms with E-state index in [0.29, 0.717) is 10.0 Å². The number of β-amino-alcohol motifs (C(OH)–C–C–N with tert-alkyl or cyclic N) is 1. The molecule has 0 saturated carbocycles. The molecule has 1 aromatic rings. The molecule has 1 aromatic carbocycles. The Bertz CT molecular complexity index is 414. The Hall–Kier alpha value is -0.600. The molecule has 0 bridgehead atoms. The number of ether oxygens (including phenoxy) is 1. The summed E-state index contributed by atoms with van der Waals surface area (Å²) in [5, 5.41) is 40.6. The molecule has 0 fully saturated rings. The van der Waals surface area contributed by atoms with E-state index in [1.165, 1.54) is 0 Å². The minimum atomic E-state index is -1.25. The first-order valence-corrected chi connectivity index (χ1v) is 7.06. The van der Waals surface area contributed by atoms with Gasteiger partial charge in [-0.05, 0) is 12.1 Å². The standard InChI is InChI=1S/C13H19Cl2NO5/c14-10-2-1-3-11(15)12(10)21-5-9(20)4-16-13(6-17,7-18)8-19/h1-3,9,16-20H,4-8H2. The Morgan fingerprint density at radius 1 is 1.10 bits per heavy atom. The van der Waals surface area contributed by atoms with Gasteiger partial charge >= 0.3 is 0 Å². The van der Waals surface area contributed by atoms with E-state index < -0.39 is 31.5 Å². The first-order chi connectivity index (χ1) is 9.98. The van der Waals surface area contributed by atoms with Crippen LogP contribution in [0.1, 0.15) is 0 Å². The number of aliphatic hydroxyl groups excluding tert-OH is 4. The van der Waals surface area contributed by atoms with E-state index in [0.717, 1.165) is 0 Å². The van der Waals surface area contributed by atoms with Gasteiger partial charge in [-0.3, -0.25) is 0 Å². The van der Waals surface area contributed by atoms with Crippen molar-refractivity contribution >= 4 is 23.2 Å². The minimum Gasteiger partial charge on any atom is -0.488 e. The Kier molecular flexibility index (Phi) is 7.69. The molecule has 0 aliphatic heterocycles. The van der Waals surface area contributed by atoms with Crippen molar-refractivity contribution in [1.82, 2.24) is 5.32 Å². The molecule has 1 atom stereocenters. The maximum atomic E-state index is 9.82. The Labute approximate surface area is 132 Å². The van der Waals surface area contributed by atoms with Crippen molar-refractivity contribution in [3.63, 3.8) is 0 Å². The molecular formula is C13H19Cl2NO5. The first-order valence-electron chi connectivity index (χ1n) is 6.30. The second-order valence-electron chi connectivity index (χ2n) is 4.65. The zero-order valence-corrected chi connectivity index (χ0v) is 12.8. The summed E-state index contributed by atoms with van der Waals surface area (Å²) in [5.41, 5.74) is -1.25. The van der Waals surface area contributed by atoms with Crippen molar-refractivity contribution in [3.05, 3.63) is 28.2 Å². The third-order valence-corrected chi connectivity index (χ3v) is 3.55. The lowest BCUT2D eigenvalue weighted by Gasteiger charge is -2.30. The van der Waals surface area contributed by atoms with E-state index in [1.54, 1.807) is 18.2 Å². The van der Waals surface area contributed by atoms with Crippen molar-refractivity contribution < 1.29 is 25.2 Å². The first kappa shape index (κ1) is 18.4. The predicted octanol–water partition coefficient (Wildman–Crippen LogP) is 0.0384. The number of benzene rings is 1. The minimum absolute atomic E-state index is 0.00372. The maximum absolute atomic E-state index is 9.82. The van der Waals surface area contributed by atoms with Crippen molar-refractivity contribution in [1.29, 1.82) is 0 Å². The zero-order valence-electron chi connectivity index (χ0n) is 11.3. The third-order valence-electron chi connectivity index (χ3n) is 2.96. The average molecular weight is 340 g/mol. The summed E-state index contributed by atoms with van der Waals surface area (Å²) >= 11 is 11.8. The second kappa shape index (κ2) is 8.75. The Balaban J connectivity index is 2.49. The van der Waals surface area contributed by atoms with E-state index in [2.05, 4.69) is 5.32 Å². The van der Waals surface area contributed by atoms with Gasteiger partial charge in [-0.2, -0.15) is 0 Å². The SMILES string of the molecule is OCC(CO)(CO)NCC(O)COc1c(Cl)cccc1Cl. The molecule has 1 unspecified atom stereocenters. The van der Waals surface area contributed by atoms with E-state index in [4.69, 9.17) is 43.3 Å². The van der Waals surface area contributed by atoms with Crippen LogP contribution >= 0.6 is 23.2 Å². The smallest absolute Gasteiger partial charge is 0.156 e. The largest absolute Gasteiger partial charge is 0.488 e. The highest BCUT2D eigenvalue weighted by Crippen LogP contribution is 2.32. The molecule has 0 heterocycles. The van der Waals surface area contributed by atoms with Crippen LogP contribution in [0.3, 0.4) is 0 Å². The molecule has 6 nitrogen and oxygen atoms in total. The molecule has 0 radical (unpaired) electrons. The van der Waals surface area contributed by atoms with E-state index in [-0.39, 0.29) is 18.9 Å². The Morgan fingerprint density at radius 3 is 2.10 bits per heavy atom. The summed E-state index contributed by atoms with van der Waals surface area (Å²) in [4.78, 5) is 0. The van der Waals surface area contributed by atoms with Crippen LogP contribution in [-0.2, 0) is 0 Å². The third kappa shape index (κ3) is 5.27. The van der Waals surface area contributed by atoms with Gasteiger partial charge in [0.05, 0.1) is 35.4 Å². The normalized spacial score (nSPS) is 13.2. The average Bonchev–Trinajstić information content (AvgIpc) is 2.49. The van der Waals surface area contributed by atoms with Crippen LogP contribution in [0.15, 0.2) is 18.2 Å². The molecule has 0 aliphatic rings. The highest BCUT2D eigenvalue weighted by molar-refractivity contribution is 6.37. The van der Waals surface area contributed by atoms with Crippen LogP contribution in [-0.4, -0.2) is 65.0 Å². The van der Waals surface area contributed by atoms with Crippen LogP contribution in [0.5, 0.6) is 5.75 Å². The molecule has 0 saturated heterocycles. The van der Waals surface area contributed by atoms with Crippen LogP contribution in [0, 0.1) is 0 Å². The van der Waals surface area contributed by atoms with Crippen molar-refractivity contribution in [3.8, 4) is 5.75 Å². The number of hydrogen-bond acceptors (Lipinski definition) is 6. The highest BCUT2D eigenvalue weighted by atomic mass is 35.5. The van der Waals surface area contributed by atoms with Gasteiger partial charge in [-0.1, -0.05) is 29.3 Å². The molecule has 8 heteroatoms. The summed E-state index contributed by atoms with van der Waals surface area (Å²) in [6.07, 6.45) is -0.943. The summed E-state index contributed by atoms with van der Waals surface area (Å²) in [6.45, 7) is -1.49. The summed E-state index contributed by atoms with van der Waals surface area (Å²) in [6, 6.07) is 4.90. The van der Waals surface area contributed by atoms with Gasteiger partial charge < -0.3 is 30.5 Å². The van der Waals surface area contributed by atoms with Crippen molar-refractivity contribution in [2.75, 3.05) is 33.0 Å². The fourth-order valence-electron chi connectivity index (χ4n) is 1.51. The van der Waals surface area contributed by atoms with Crippen molar-refractivity contribution in [2.24, 2.45) is 0 Å². The topological polar surface area (TPSA) is 102 Å². The number of hydrogen-bond donors (Lipinski definition) is 5. The molecule has 0 aromatic heterocycles. The van der Waals surface area contributed by atoms with Crippen LogP contribution < -0.4 is 10.1 Å². The lowest BCUT2D eigenvalue weighted by molar-refractivity contribution is 0.0261. The number of para-hydroxylation sites is 1. The number of halogens is 2. The quantitative estimate of drug-likeness (QED) is 0.435. The van der Waals surface area contributed by atoms with Gasteiger partial charge in [-0.25, -0.2) is 0 Å². The van der Waals surface area contributed by atoms with Gasteiger partial charge in [0.15, 0.2) is 5.75 Å². The van der Waals surface area contributed by atoms with E-state index in [1.807, 2.05) is 0 Å². The Morgan fingerprint density at radius 2 is 1.62 bits per heavy atom. The van der Waals surface area contributed by atoms with Gasteiger partial charge in [-0.15, -0.1) is 0 Å². The highest BCUT2D eigenvalue weighted by Gasteiger charge is 2.28. The number of rotatable bonds is 9. The predicted molar refractivity (Wildman–Crippen MR) is 80.0 cm³/mol.